The molecule has 3 aromatic rings. The molecular formula is C30H36ClN3O4S. The van der Waals surface area contributed by atoms with Gasteiger partial charge in [0.1, 0.15) is 12.6 Å². The third-order valence-corrected chi connectivity index (χ3v) is 8.46. The number of rotatable bonds is 12. The van der Waals surface area contributed by atoms with Gasteiger partial charge in [-0.2, -0.15) is 0 Å². The summed E-state index contributed by atoms with van der Waals surface area (Å²) >= 11 is 6.43. The van der Waals surface area contributed by atoms with Crippen molar-refractivity contribution in [2.24, 2.45) is 5.92 Å². The summed E-state index contributed by atoms with van der Waals surface area (Å²) in [4.78, 5) is 28.8. The Kier molecular flexibility index (Phi) is 10.5. The number of nitrogens with one attached hydrogen (secondary N) is 1. The molecule has 0 fully saturated rings. The molecule has 39 heavy (non-hydrogen) atoms. The molecule has 0 saturated carbocycles. The van der Waals surface area contributed by atoms with Gasteiger partial charge in [-0.05, 0) is 55.2 Å². The van der Waals surface area contributed by atoms with E-state index in [9.17, 15) is 18.0 Å². The van der Waals surface area contributed by atoms with Gasteiger partial charge in [0, 0.05) is 18.1 Å². The summed E-state index contributed by atoms with van der Waals surface area (Å²) in [5, 5.41) is 3.38. The maximum absolute atomic E-state index is 14.0. The van der Waals surface area contributed by atoms with Crippen LogP contribution in [0.4, 0.5) is 5.69 Å². The minimum Gasteiger partial charge on any atom is -0.354 e. The lowest BCUT2D eigenvalue weighted by Gasteiger charge is -2.33. The summed E-state index contributed by atoms with van der Waals surface area (Å²) in [6.07, 6.45) is 0.343. The molecule has 9 heteroatoms. The molecule has 0 unspecified atom stereocenters. The Hall–Kier alpha value is -3.36. The quantitative estimate of drug-likeness (QED) is 0.315. The largest absolute Gasteiger partial charge is 0.354 e. The van der Waals surface area contributed by atoms with E-state index in [0.717, 1.165) is 9.87 Å². The minimum atomic E-state index is -4.09. The first-order chi connectivity index (χ1) is 18.5. The molecule has 0 aliphatic heterocycles. The zero-order chi connectivity index (χ0) is 28.6. The molecule has 2 amide bonds. The van der Waals surface area contributed by atoms with E-state index in [4.69, 9.17) is 11.6 Å². The monoisotopic (exact) mass is 569 g/mol. The summed E-state index contributed by atoms with van der Waals surface area (Å²) < 4.78 is 28.7. The molecule has 0 spiro atoms. The third-order valence-electron chi connectivity index (χ3n) is 6.30. The second-order valence-corrected chi connectivity index (χ2v) is 12.1. The van der Waals surface area contributed by atoms with Gasteiger partial charge in [-0.25, -0.2) is 8.42 Å². The maximum atomic E-state index is 14.0. The number of aryl methyl sites for hydroxylation is 1. The van der Waals surface area contributed by atoms with Gasteiger partial charge >= 0.3 is 0 Å². The first kappa shape index (κ1) is 30.2. The highest BCUT2D eigenvalue weighted by molar-refractivity contribution is 7.92. The van der Waals surface area contributed by atoms with Crippen LogP contribution in [0.1, 0.15) is 38.3 Å². The Balaban J connectivity index is 2.04. The van der Waals surface area contributed by atoms with Crippen molar-refractivity contribution in [3.05, 3.63) is 95.0 Å². The Morgan fingerprint density at radius 3 is 2.13 bits per heavy atom. The van der Waals surface area contributed by atoms with Crippen LogP contribution in [-0.4, -0.2) is 44.3 Å². The van der Waals surface area contributed by atoms with E-state index < -0.39 is 28.5 Å². The zero-order valence-corrected chi connectivity index (χ0v) is 24.4. The molecule has 0 bridgehead atoms. The molecule has 3 aromatic carbocycles. The number of benzene rings is 3. The van der Waals surface area contributed by atoms with Gasteiger partial charge in [-0.3, -0.25) is 13.9 Å². The van der Waals surface area contributed by atoms with E-state index >= 15 is 0 Å². The number of hydrogen-bond donors (Lipinski definition) is 1. The van der Waals surface area contributed by atoms with E-state index in [-0.39, 0.29) is 23.3 Å². The molecule has 1 atom stereocenters. The molecule has 0 saturated heterocycles. The molecule has 0 aliphatic rings. The van der Waals surface area contributed by atoms with Crippen LogP contribution in [0.5, 0.6) is 0 Å². The van der Waals surface area contributed by atoms with E-state index in [2.05, 4.69) is 5.32 Å². The lowest BCUT2D eigenvalue weighted by molar-refractivity contribution is -0.140. The number of carbonyl (C=O) groups excluding carboxylic acids is 2. The minimum absolute atomic E-state index is 0.0548. The fourth-order valence-electron chi connectivity index (χ4n) is 4.11. The molecule has 0 aromatic heterocycles. The Morgan fingerprint density at radius 1 is 0.923 bits per heavy atom. The number of anilines is 1. The van der Waals surface area contributed by atoms with Crippen LogP contribution in [0.2, 0.25) is 5.02 Å². The summed E-state index contributed by atoms with van der Waals surface area (Å²) in [6, 6.07) is 21.2. The van der Waals surface area contributed by atoms with Crippen molar-refractivity contribution in [1.29, 1.82) is 0 Å². The highest BCUT2D eigenvalue weighted by atomic mass is 35.5. The van der Waals surface area contributed by atoms with E-state index in [1.807, 2.05) is 33.8 Å². The third kappa shape index (κ3) is 7.83. The molecule has 3 rings (SSSR count). The van der Waals surface area contributed by atoms with Crippen molar-refractivity contribution >= 4 is 39.1 Å². The number of hydrogen-bond acceptors (Lipinski definition) is 4. The average molecular weight is 570 g/mol. The smallest absolute Gasteiger partial charge is 0.264 e. The molecule has 208 valence electrons. The van der Waals surface area contributed by atoms with Gasteiger partial charge in [0.25, 0.3) is 10.0 Å². The van der Waals surface area contributed by atoms with Crippen LogP contribution in [-0.2, 0) is 26.2 Å². The molecule has 7 nitrogen and oxygen atoms in total. The second-order valence-electron chi connectivity index (χ2n) is 9.84. The Bertz CT molecular complexity index is 1360. The number of nitrogens with zero attached hydrogens (tertiary/aromatic N) is 2. The van der Waals surface area contributed by atoms with E-state index in [1.165, 1.54) is 17.0 Å². The van der Waals surface area contributed by atoms with Gasteiger partial charge in [0.2, 0.25) is 11.8 Å². The summed E-state index contributed by atoms with van der Waals surface area (Å²) in [6.45, 7) is 7.73. The Morgan fingerprint density at radius 2 is 1.54 bits per heavy atom. The van der Waals surface area contributed by atoms with Gasteiger partial charge in [-0.1, -0.05) is 86.5 Å². The maximum Gasteiger partial charge on any atom is 0.264 e. The average Bonchev–Trinajstić information content (AvgIpc) is 2.92. The van der Waals surface area contributed by atoms with Crippen LogP contribution in [0.3, 0.4) is 0 Å². The predicted octanol–water partition coefficient (Wildman–Crippen LogP) is 5.42. The SMILES string of the molecule is CC[C@@H](C(=O)NCC(C)C)N(Cc1ccccc1Cl)C(=O)CN(c1ccc(C)cc1)S(=O)(=O)c1ccccc1. The number of carbonyl (C=O) groups is 2. The van der Waals surface area contributed by atoms with Crippen molar-refractivity contribution in [1.82, 2.24) is 10.2 Å². The lowest BCUT2D eigenvalue weighted by Crippen LogP contribution is -2.52. The van der Waals surface area contributed by atoms with Crippen LogP contribution in [0, 0.1) is 12.8 Å². The van der Waals surface area contributed by atoms with Crippen LogP contribution in [0.25, 0.3) is 0 Å². The van der Waals surface area contributed by atoms with Crippen molar-refractivity contribution in [3.8, 4) is 0 Å². The van der Waals surface area contributed by atoms with Crippen molar-refractivity contribution in [3.63, 3.8) is 0 Å². The first-order valence-corrected chi connectivity index (χ1v) is 14.8. The summed E-state index contributed by atoms with van der Waals surface area (Å²) in [5.41, 5.74) is 1.97. The highest BCUT2D eigenvalue weighted by Crippen LogP contribution is 2.26. The number of amides is 2. The van der Waals surface area contributed by atoms with E-state index in [1.54, 1.807) is 60.7 Å². The van der Waals surface area contributed by atoms with E-state index in [0.29, 0.717) is 29.2 Å². The molecule has 1 N–H and O–H groups in total. The summed E-state index contributed by atoms with van der Waals surface area (Å²) in [5.74, 6) is -0.576. The normalized spacial score (nSPS) is 12.2. The topological polar surface area (TPSA) is 86.8 Å². The van der Waals surface area contributed by atoms with Gasteiger partial charge in [0.05, 0.1) is 10.6 Å². The fraction of sp³-hybridized carbons (Fsp3) is 0.333. The standard InChI is InChI=1S/C30H36ClN3O4S/c1-5-28(30(36)32-19-22(2)3)33(20-24-11-9-10-14-27(24)31)29(35)21-34(25-17-15-23(4)16-18-25)39(37,38)26-12-7-6-8-13-26/h6-18,22,28H,5,19-21H2,1-4H3,(H,32,36)/t28-/m0/s1. The van der Waals surface area contributed by atoms with Gasteiger partial charge in [-0.15, -0.1) is 0 Å². The second kappa shape index (κ2) is 13.6. The predicted molar refractivity (Wildman–Crippen MR) is 156 cm³/mol. The fourth-order valence-corrected chi connectivity index (χ4v) is 5.74. The lowest BCUT2D eigenvalue weighted by atomic mass is 10.1. The first-order valence-electron chi connectivity index (χ1n) is 13.0. The van der Waals surface area contributed by atoms with Gasteiger partial charge in [0.15, 0.2) is 0 Å². The van der Waals surface area contributed by atoms with Crippen LogP contribution >= 0.6 is 11.6 Å². The number of sulfonamides is 1. The van der Waals surface area contributed by atoms with Crippen molar-refractivity contribution < 1.29 is 18.0 Å². The van der Waals surface area contributed by atoms with Crippen LogP contribution in [0.15, 0.2) is 83.8 Å². The Labute approximate surface area is 236 Å². The van der Waals surface area contributed by atoms with Crippen molar-refractivity contribution in [2.45, 2.75) is 51.6 Å². The van der Waals surface area contributed by atoms with Crippen molar-refractivity contribution in [2.75, 3.05) is 17.4 Å². The number of halogens is 1. The van der Waals surface area contributed by atoms with Gasteiger partial charge < -0.3 is 10.2 Å². The molecular weight excluding hydrogens is 534 g/mol. The highest BCUT2D eigenvalue weighted by Gasteiger charge is 2.33. The molecule has 0 aliphatic carbocycles. The zero-order valence-electron chi connectivity index (χ0n) is 22.8. The summed E-state index contributed by atoms with van der Waals surface area (Å²) in [7, 11) is -4.09. The van der Waals surface area contributed by atoms with Crippen LogP contribution < -0.4 is 9.62 Å². The molecule has 0 radical (unpaired) electrons. The molecule has 0 heterocycles.